The summed E-state index contributed by atoms with van der Waals surface area (Å²) in [5, 5.41) is 57.4. The van der Waals surface area contributed by atoms with E-state index in [1.54, 1.807) is 12.1 Å². The van der Waals surface area contributed by atoms with Gasteiger partial charge in [0.25, 0.3) is 0 Å². The van der Waals surface area contributed by atoms with Gasteiger partial charge in [0.05, 0.1) is 33.5 Å². The summed E-state index contributed by atoms with van der Waals surface area (Å²) < 4.78 is 13.3. The van der Waals surface area contributed by atoms with E-state index in [2.05, 4.69) is 23.0 Å². The molecule has 2 saturated heterocycles. The van der Waals surface area contributed by atoms with E-state index >= 15 is 0 Å². The number of ether oxygens (including phenoxy) is 2. The van der Waals surface area contributed by atoms with Crippen LogP contribution in [0.3, 0.4) is 0 Å². The van der Waals surface area contributed by atoms with Crippen LogP contribution in [0.1, 0.15) is 60.8 Å². The van der Waals surface area contributed by atoms with Crippen LogP contribution in [0.2, 0.25) is 0 Å². The SMILES string of the molecule is C=CCN1CCC23c4c5ccc(O)c4O[C@@H]2/C(=N\N=C2\CC[C@@]4(O)C6Cc7ccc(O)c8c7[C@@]4(CCN6CC=C)[C@@H]2O8)CC[C@@]3(O)C1C5. The molecule has 2 spiro atoms. The van der Waals surface area contributed by atoms with Gasteiger partial charge in [0, 0.05) is 49.4 Å². The van der Waals surface area contributed by atoms with Crippen molar-refractivity contribution >= 4 is 11.4 Å². The number of nitrogens with zero attached hydrogens (tertiary/aromatic N) is 4. The normalized spacial score (nSPS) is 41.4. The number of rotatable bonds is 5. The zero-order chi connectivity index (χ0) is 32.8. The average molecular weight is 651 g/mol. The predicted molar refractivity (Wildman–Crippen MR) is 179 cm³/mol. The van der Waals surface area contributed by atoms with E-state index in [-0.39, 0.29) is 23.6 Å². The van der Waals surface area contributed by atoms with Gasteiger partial charge in [-0.3, -0.25) is 9.80 Å². The minimum atomic E-state index is -1.06. The molecule has 2 saturated carbocycles. The fourth-order valence-electron chi connectivity index (χ4n) is 12.0. The lowest BCUT2D eigenvalue weighted by Gasteiger charge is -2.63. The van der Waals surface area contributed by atoms with Gasteiger partial charge in [-0.1, -0.05) is 24.3 Å². The Balaban J connectivity index is 1.08. The van der Waals surface area contributed by atoms with Crippen molar-refractivity contribution in [2.24, 2.45) is 10.2 Å². The van der Waals surface area contributed by atoms with Gasteiger partial charge < -0.3 is 29.9 Å². The van der Waals surface area contributed by atoms with Gasteiger partial charge in [0.15, 0.2) is 35.2 Å². The number of aliphatic hydroxyl groups is 2. The molecule has 8 atom stereocenters. The van der Waals surface area contributed by atoms with E-state index in [0.29, 0.717) is 76.0 Å². The van der Waals surface area contributed by atoms with Crippen molar-refractivity contribution in [3.05, 3.63) is 71.8 Å². The maximum Gasteiger partial charge on any atom is 0.166 e. The molecule has 4 aliphatic heterocycles. The van der Waals surface area contributed by atoms with Crippen LogP contribution in [0.5, 0.6) is 23.0 Å². The maximum absolute atomic E-state index is 12.7. The van der Waals surface area contributed by atoms with E-state index in [4.69, 9.17) is 19.7 Å². The molecule has 8 aliphatic rings. The van der Waals surface area contributed by atoms with Crippen LogP contribution < -0.4 is 9.47 Å². The molecule has 0 amide bonds. The second-order valence-electron chi connectivity index (χ2n) is 15.4. The van der Waals surface area contributed by atoms with Gasteiger partial charge in [-0.25, -0.2) is 0 Å². The first-order valence-corrected chi connectivity index (χ1v) is 17.5. The third-order valence-electron chi connectivity index (χ3n) is 13.8. The van der Waals surface area contributed by atoms with E-state index < -0.39 is 34.2 Å². The van der Waals surface area contributed by atoms with E-state index in [0.717, 1.165) is 46.8 Å². The largest absolute Gasteiger partial charge is 0.504 e. The summed E-state index contributed by atoms with van der Waals surface area (Å²) >= 11 is 0. The van der Waals surface area contributed by atoms with Gasteiger partial charge >= 0.3 is 0 Å². The number of hydrogen-bond acceptors (Lipinski definition) is 10. The van der Waals surface area contributed by atoms with Crippen molar-refractivity contribution in [3.8, 4) is 23.0 Å². The summed E-state index contributed by atoms with van der Waals surface area (Å²) in [6.45, 7) is 10.9. The summed E-state index contributed by atoms with van der Waals surface area (Å²) in [4.78, 5) is 4.68. The molecule has 10 rings (SSSR count). The Labute approximate surface area is 279 Å². The van der Waals surface area contributed by atoms with Crippen LogP contribution in [0.15, 0.2) is 59.8 Å². The summed E-state index contributed by atoms with van der Waals surface area (Å²) in [7, 11) is 0. The number of phenolic OH excluding ortho intramolecular Hbond substituents is 2. The molecular weight excluding hydrogens is 608 g/mol. The van der Waals surface area contributed by atoms with Crippen molar-refractivity contribution in [1.82, 2.24) is 9.80 Å². The lowest BCUT2D eigenvalue weighted by Crippen LogP contribution is -2.76. The number of likely N-dealkylation sites (tertiary alicyclic amines) is 2. The van der Waals surface area contributed by atoms with Gasteiger partial charge in [-0.05, 0) is 74.6 Å². The molecule has 4 bridgehead atoms. The van der Waals surface area contributed by atoms with Gasteiger partial charge in [-0.2, -0.15) is 10.2 Å². The van der Waals surface area contributed by atoms with E-state index in [9.17, 15) is 20.4 Å². The Kier molecular flexibility index (Phi) is 5.79. The summed E-state index contributed by atoms with van der Waals surface area (Å²) in [5.41, 5.74) is 1.99. The molecule has 4 fully saturated rings. The Hall–Kier alpha value is -3.70. The molecule has 48 heavy (non-hydrogen) atoms. The molecule has 10 heteroatoms. The molecule has 4 aliphatic carbocycles. The monoisotopic (exact) mass is 650 g/mol. The second-order valence-corrected chi connectivity index (χ2v) is 15.4. The lowest BCUT2D eigenvalue weighted by molar-refractivity contribution is -0.164. The van der Waals surface area contributed by atoms with Gasteiger partial charge in [0.1, 0.15) is 0 Å². The Morgan fingerprint density at radius 2 is 1.15 bits per heavy atom. The lowest BCUT2D eigenvalue weighted by atomic mass is 9.48. The van der Waals surface area contributed by atoms with Crippen LogP contribution in [0, 0.1) is 0 Å². The smallest absolute Gasteiger partial charge is 0.166 e. The van der Waals surface area contributed by atoms with Crippen molar-refractivity contribution in [2.45, 2.75) is 97.7 Å². The quantitative estimate of drug-likeness (QED) is 0.287. The van der Waals surface area contributed by atoms with Gasteiger partial charge in [0.2, 0.25) is 0 Å². The Morgan fingerprint density at radius 1 is 0.708 bits per heavy atom. The van der Waals surface area contributed by atoms with E-state index in [1.165, 1.54) is 0 Å². The first kappa shape index (κ1) is 29.2. The van der Waals surface area contributed by atoms with Crippen LogP contribution in [0.25, 0.3) is 0 Å². The summed E-state index contributed by atoms with van der Waals surface area (Å²) in [6.07, 6.45) is 7.42. The second kappa shape index (κ2) is 9.50. The van der Waals surface area contributed by atoms with Crippen LogP contribution >= 0.6 is 0 Å². The first-order chi connectivity index (χ1) is 23.2. The molecule has 250 valence electrons. The molecule has 4 heterocycles. The summed E-state index contributed by atoms with van der Waals surface area (Å²) in [5.74, 6) is 1.11. The molecule has 2 aromatic carbocycles. The maximum atomic E-state index is 12.7. The molecule has 10 nitrogen and oxygen atoms in total. The van der Waals surface area contributed by atoms with Crippen molar-refractivity contribution in [2.75, 3.05) is 26.2 Å². The Morgan fingerprint density at radius 3 is 1.56 bits per heavy atom. The first-order valence-electron chi connectivity index (χ1n) is 17.5. The molecule has 2 aromatic rings. The third kappa shape index (κ3) is 3.15. The minimum Gasteiger partial charge on any atom is -0.504 e. The van der Waals surface area contributed by atoms with Crippen molar-refractivity contribution in [3.63, 3.8) is 0 Å². The highest BCUT2D eigenvalue weighted by atomic mass is 16.5. The number of benzene rings is 2. The van der Waals surface area contributed by atoms with Gasteiger partial charge in [-0.15, -0.1) is 13.2 Å². The Bertz CT molecular complexity index is 1740. The number of aromatic hydroxyl groups is 2. The average Bonchev–Trinajstić information content (AvgIpc) is 3.61. The predicted octanol–water partition coefficient (Wildman–Crippen LogP) is 3.28. The van der Waals surface area contributed by atoms with E-state index in [1.807, 2.05) is 24.3 Å². The highest BCUT2D eigenvalue weighted by Gasteiger charge is 2.74. The van der Waals surface area contributed by atoms with Crippen molar-refractivity contribution in [1.29, 1.82) is 0 Å². The standard InChI is InChI=1S/C38H42N4O6/c1-3-15-41-17-13-35-29-21-5-7-25(43)31(29)47-33(35)23(9-11-37(35,45)27(41)19-21)39-40-24-10-12-38(46)28-20-22-6-8-26(44)32-30(22)36(38,34(24)48-32)14-18-42(28)16-4-2/h3-8,27-28,33-34,43-46H,1-2,9-20H2/b39-23-,40-24-/t27?,28?,33-,34-,35+,36?,37-,38-/m1/s1. The fraction of sp³-hybridized carbons (Fsp3) is 0.526. The molecule has 3 unspecified atom stereocenters. The highest BCUT2D eigenvalue weighted by molar-refractivity contribution is 5.97. The third-order valence-corrected chi connectivity index (χ3v) is 13.8. The summed E-state index contributed by atoms with van der Waals surface area (Å²) in [6, 6.07) is 7.18. The zero-order valence-corrected chi connectivity index (χ0v) is 27.1. The number of phenols is 2. The fourth-order valence-corrected chi connectivity index (χ4v) is 12.0. The zero-order valence-electron chi connectivity index (χ0n) is 27.1. The molecule has 4 N–H and O–H groups in total. The number of piperidine rings is 2. The topological polar surface area (TPSA) is 131 Å². The number of hydrogen-bond donors (Lipinski definition) is 4. The van der Waals surface area contributed by atoms with Crippen LogP contribution in [-0.2, 0) is 23.7 Å². The van der Waals surface area contributed by atoms with Crippen LogP contribution in [-0.4, -0.2) is 103 Å². The molecule has 0 aromatic heterocycles. The van der Waals surface area contributed by atoms with Crippen molar-refractivity contribution < 1.29 is 29.9 Å². The minimum absolute atomic E-state index is 0.0885. The molecular formula is C38H42N4O6. The highest BCUT2D eigenvalue weighted by Crippen LogP contribution is 2.66. The van der Waals surface area contributed by atoms with Crippen LogP contribution in [0.4, 0.5) is 0 Å². The molecule has 0 radical (unpaired) electrons.